The number of halogens is 7. The van der Waals surface area contributed by atoms with Crippen LogP contribution >= 0.6 is 118 Å². The summed E-state index contributed by atoms with van der Waals surface area (Å²) in [5.74, 6) is 5.23. The van der Waals surface area contributed by atoms with Crippen LogP contribution in [0.1, 0.15) is 34.8 Å². The molecule has 0 aliphatic rings. The van der Waals surface area contributed by atoms with Crippen molar-refractivity contribution >= 4 is 118 Å². The number of phenols is 3. The number of nitrogens with two attached hydrogens (primary N) is 6. The predicted octanol–water partition coefficient (Wildman–Crippen LogP) is 7.57. The van der Waals surface area contributed by atoms with Gasteiger partial charge in [0, 0.05) is 40.7 Å². The van der Waals surface area contributed by atoms with Crippen LogP contribution in [0, 0.1) is 0 Å². The number of alkyl halides is 1. The van der Waals surface area contributed by atoms with Gasteiger partial charge in [0.1, 0.15) is 34.5 Å². The van der Waals surface area contributed by atoms with Gasteiger partial charge in [0.25, 0.3) is 0 Å². The molecule has 0 spiro atoms. The Kier molecular flexibility index (Phi) is 72.1. The summed E-state index contributed by atoms with van der Waals surface area (Å²) in [7, 11) is 4.95. The van der Waals surface area contributed by atoms with Gasteiger partial charge in [-0.2, -0.15) is 0 Å². The van der Waals surface area contributed by atoms with E-state index in [9.17, 15) is 0 Å². The van der Waals surface area contributed by atoms with E-state index in [0.29, 0.717) is 39.3 Å². The molecule has 0 heterocycles. The molecule has 6 aromatic rings. The molecule has 0 aliphatic carbocycles. The van der Waals surface area contributed by atoms with E-state index in [1.54, 1.807) is 75.9 Å². The second-order valence-corrected chi connectivity index (χ2v) is 11.8. The van der Waals surface area contributed by atoms with Gasteiger partial charge in [0.2, 0.25) is 0 Å². The van der Waals surface area contributed by atoms with Gasteiger partial charge in [-0.1, -0.05) is 88.7 Å². The Morgan fingerprint density at radius 2 is 0.522 bits per heavy atom. The smallest absolute Gasteiger partial charge is 0.870 e. The van der Waals surface area contributed by atoms with Crippen LogP contribution in [0.15, 0.2) is 146 Å². The molecule has 16 N–H and O–H groups in total. The van der Waals surface area contributed by atoms with Gasteiger partial charge in [-0.15, -0.1) is 102 Å². The van der Waals surface area contributed by atoms with Gasteiger partial charge < -0.3 is 69.4 Å². The molecule has 0 saturated heterocycles. The number of aromatic hydroxyl groups is 3. The van der Waals surface area contributed by atoms with Crippen molar-refractivity contribution in [3.05, 3.63) is 179 Å². The first kappa shape index (κ1) is 85.1. The first-order valence-corrected chi connectivity index (χ1v) is 20.0. The maximum atomic E-state index is 8.89. The van der Waals surface area contributed by atoms with Gasteiger partial charge >= 0.3 is 29.6 Å². The second kappa shape index (κ2) is 56.8. The minimum absolute atomic E-state index is 0. The summed E-state index contributed by atoms with van der Waals surface area (Å²) in [6.45, 7) is 3.14. The average Bonchev–Trinajstić information content (AvgIpc) is 3.30. The van der Waals surface area contributed by atoms with E-state index in [2.05, 4.69) is 15.9 Å². The molecule has 0 atom stereocenters. The zero-order chi connectivity index (χ0) is 44.3. The number of methoxy groups -OCH3 is 3. The fourth-order valence-corrected chi connectivity index (χ4v) is 4.45. The van der Waals surface area contributed by atoms with E-state index in [-0.39, 0.29) is 156 Å². The van der Waals surface area contributed by atoms with E-state index in [1.807, 2.05) is 96.8 Å². The number of benzene rings is 6. The van der Waals surface area contributed by atoms with Crippen LogP contribution < -0.4 is 78.2 Å². The number of rotatable bonds is 9. The molecule has 0 saturated carbocycles. The molecule has 0 aliphatic heterocycles. The van der Waals surface area contributed by atoms with E-state index in [4.69, 9.17) is 63.9 Å². The Morgan fingerprint density at radius 1 is 0.358 bits per heavy atom. The van der Waals surface area contributed by atoms with Gasteiger partial charge in [0.05, 0.1) is 21.3 Å². The largest absolute Gasteiger partial charge is 1.00 e. The molecule has 0 bridgehead atoms. The van der Waals surface area contributed by atoms with E-state index >= 15 is 0 Å². The van der Waals surface area contributed by atoms with Crippen LogP contribution in [0.4, 0.5) is 0 Å². The van der Waals surface area contributed by atoms with Gasteiger partial charge in [-0.3, -0.25) is 0 Å². The van der Waals surface area contributed by atoms with Crippen molar-refractivity contribution in [1.29, 1.82) is 0 Å². The predicted molar refractivity (Wildman–Crippen MR) is 311 cm³/mol. The van der Waals surface area contributed by atoms with Crippen molar-refractivity contribution in [2.45, 2.75) is 39.3 Å². The standard InChI is InChI=1S/3C8H11NO.3C7H9NO.CH3Br.6BrH.Na.H2O.H2/c3*1-10-8-4-2-3-7(5-8)6-9;3*8-5-6-2-1-3-7(9)4-6;1-2;;;;;;;;;/h3*2-5H,6,9H2,1H3;3*1-4,9H,5,8H2;1H3;6*1H;;1H2;1H/q;;;;;;;;;;;;;+1;;/p-1/i;;;;;;;;;;;;;;;1+1. The van der Waals surface area contributed by atoms with E-state index in [0.717, 1.165) is 50.6 Å². The van der Waals surface area contributed by atoms with Crippen molar-refractivity contribution in [3.8, 4) is 34.5 Å². The summed E-state index contributed by atoms with van der Waals surface area (Å²) in [6, 6.07) is 44.0. The minimum atomic E-state index is 0. The van der Waals surface area contributed by atoms with Crippen LogP contribution in [0.2, 0.25) is 0 Å². The fourth-order valence-electron chi connectivity index (χ4n) is 4.45. The Labute approximate surface area is 492 Å². The first-order valence-electron chi connectivity index (χ1n) is 18.4. The van der Waals surface area contributed by atoms with Crippen LogP contribution in [-0.4, -0.2) is 48.0 Å². The third-order valence-electron chi connectivity index (χ3n) is 7.55. The Morgan fingerprint density at radius 3 is 0.657 bits per heavy atom. The maximum absolute atomic E-state index is 8.89. The maximum Gasteiger partial charge on any atom is 1.00 e. The topological polar surface area (TPSA) is 274 Å². The molecule has 378 valence electrons. The number of hydrogen-bond acceptors (Lipinski definition) is 13. The van der Waals surface area contributed by atoms with Crippen molar-refractivity contribution in [2.24, 2.45) is 34.4 Å². The van der Waals surface area contributed by atoms with E-state index in [1.165, 1.54) is 0 Å². The average molecular weight is 1400 g/mol. The Bertz CT molecular complexity index is 1720. The fraction of sp³-hybridized carbons (Fsp3) is 0.217. The quantitative estimate of drug-likeness (QED) is 0.0500. The molecule has 0 unspecified atom stereocenters. The molecule has 6 rings (SSSR count). The molecule has 67 heavy (non-hydrogen) atoms. The van der Waals surface area contributed by atoms with Crippen LogP contribution in [0.5, 0.6) is 34.5 Å². The molecular formula is C46H72Br7N6NaO7. The third kappa shape index (κ3) is 42.8. The number of ether oxygens (including phenoxy) is 3. The second-order valence-electron chi connectivity index (χ2n) is 11.8. The summed E-state index contributed by atoms with van der Waals surface area (Å²) in [5, 5.41) is 26.7. The van der Waals surface area contributed by atoms with Gasteiger partial charge in [-0.25, -0.2) is 0 Å². The summed E-state index contributed by atoms with van der Waals surface area (Å²) in [6.07, 6.45) is 0. The van der Waals surface area contributed by atoms with Gasteiger partial charge in [0.15, 0.2) is 0 Å². The summed E-state index contributed by atoms with van der Waals surface area (Å²) in [4.78, 5) is 0. The number of phenolic OH excluding ortho intramolecular Hbond substituents is 3. The first-order chi connectivity index (χ1) is 28.6. The van der Waals surface area contributed by atoms with Crippen molar-refractivity contribution in [1.82, 2.24) is 0 Å². The zero-order valence-corrected chi connectivity index (χ0v) is 52.3. The van der Waals surface area contributed by atoms with Crippen LogP contribution in [0.25, 0.3) is 0 Å². The van der Waals surface area contributed by atoms with E-state index < -0.39 is 0 Å². The Hall–Kier alpha value is -1.80. The monoisotopic (exact) mass is 1400 g/mol. The molecule has 6 aromatic carbocycles. The summed E-state index contributed by atoms with van der Waals surface area (Å²) < 4.78 is 15.0. The molecule has 0 fully saturated rings. The minimum Gasteiger partial charge on any atom is -0.870 e. The molecule has 0 amide bonds. The third-order valence-corrected chi connectivity index (χ3v) is 7.55. The molecule has 21 heteroatoms. The van der Waals surface area contributed by atoms with Crippen LogP contribution in [0.3, 0.4) is 0 Å². The Balaban J connectivity index is -0.0000000718. The summed E-state index contributed by atoms with van der Waals surface area (Å²) in [5.41, 5.74) is 38.3. The summed E-state index contributed by atoms with van der Waals surface area (Å²) >= 11 is 2.94. The molecule has 0 radical (unpaired) electrons. The number of hydrogen-bond donors (Lipinski definition) is 9. The molecule has 0 aromatic heterocycles. The van der Waals surface area contributed by atoms with Crippen molar-refractivity contribution in [2.75, 3.05) is 27.2 Å². The van der Waals surface area contributed by atoms with Gasteiger partial charge in [-0.05, 0) is 112 Å². The molecule has 13 nitrogen and oxygen atoms in total. The normalized spacial score (nSPS) is 8.10. The van der Waals surface area contributed by atoms with Crippen LogP contribution in [-0.2, 0) is 39.3 Å². The zero-order valence-electron chi connectivity index (χ0n) is 38.4. The van der Waals surface area contributed by atoms with Crippen molar-refractivity contribution in [3.63, 3.8) is 0 Å². The van der Waals surface area contributed by atoms with Crippen molar-refractivity contribution < 1.29 is 66.0 Å². The molecular weight excluding hydrogens is 1330 g/mol. The SMILES string of the molecule is Br.Br.Br.Br.Br.Br.CBr.COc1cccc(CN)c1.COc1cccc(CN)c1.COc1cccc(CN)c1.NCc1cccc(O)c1.NCc1cccc(O)c1.NCc1cccc(O)c1.[2HH].[Na+].[OH-].